The molecular formula is C15H21BrN2O2. The fourth-order valence-corrected chi connectivity index (χ4v) is 2.75. The Balaban J connectivity index is 1.72. The molecule has 2 N–H and O–H groups in total. The lowest BCUT2D eigenvalue weighted by molar-refractivity contribution is -0.116. The summed E-state index contributed by atoms with van der Waals surface area (Å²) in [5, 5.41) is 6.31. The number of anilines is 1. The Kier molecular flexibility index (Phi) is 6.01. The van der Waals surface area contributed by atoms with Crippen molar-refractivity contribution in [3.63, 3.8) is 0 Å². The van der Waals surface area contributed by atoms with Gasteiger partial charge in [0.25, 0.3) is 0 Å². The third-order valence-corrected chi connectivity index (χ3v) is 3.90. The lowest BCUT2D eigenvalue weighted by Gasteiger charge is -2.23. The molecule has 110 valence electrons. The quantitative estimate of drug-likeness (QED) is 0.866. The molecule has 1 aromatic carbocycles. The van der Waals surface area contributed by atoms with E-state index in [0.717, 1.165) is 41.8 Å². The van der Waals surface area contributed by atoms with Crippen molar-refractivity contribution >= 4 is 27.5 Å². The van der Waals surface area contributed by atoms with Crippen molar-refractivity contribution in [1.82, 2.24) is 5.32 Å². The molecule has 20 heavy (non-hydrogen) atoms. The first-order valence-corrected chi connectivity index (χ1v) is 7.81. The molecule has 1 aromatic rings. The van der Waals surface area contributed by atoms with Gasteiger partial charge in [-0.1, -0.05) is 15.9 Å². The molecule has 1 amide bonds. The molecule has 0 aromatic heterocycles. The van der Waals surface area contributed by atoms with Crippen LogP contribution in [-0.2, 0) is 9.53 Å². The zero-order valence-electron chi connectivity index (χ0n) is 11.7. The Morgan fingerprint density at radius 2 is 2.35 bits per heavy atom. The van der Waals surface area contributed by atoms with Gasteiger partial charge in [-0.2, -0.15) is 0 Å². The molecule has 1 saturated heterocycles. The summed E-state index contributed by atoms with van der Waals surface area (Å²) in [6, 6.07) is 6.23. The predicted octanol–water partition coefficient (Wildman–Crippen LogP) is 2.85. The highest BCUT2D eigenvalue weighted by Gasteiger charge is 2.13. The minimum atomic E-state index is 0.0413. The molecule has 4 nitrogen and oxygen atoms in total. The Morgan fingerprint density at radius 1 is 1.50 bits per heavy atom. The molecule has 0 radical (unpaired) electrons. The molecule has 0 spiro atoms. The average Bonchev–Trinajstić information content (AvgIpc) is 2.43. The van der Waals surface area contributed by atoms with Gasteiger partial charge >= 0.3 is 0 Å². The van der Waals surface area contributed by atoms with Gasteiger partial charge in [0.05, 0.1) is 6.61 Å². The zero-order chi connectivity index (χ0) is 14.4. The number of aryl methyl sites for hydroxylation is 1. The second kappa shape index (κ2) is 7.76. The molecule has 2 rings (SSSR count). The highest BCUT2D eigenvalue weighted by molar-refractivity contribution is 9.10. The van der Waals surface area contributed by atoms with Crippen LogP contribution in [0.3, 0.4) is 0 Å². The lowest BCUT2D eigenvalue weighted by atomic mass is 10.1. The Morgan fingerprint density at radius 3 is 3.05 bits per heavy atom. The van der Waals surface area contributed by atoms with E-state index in [1.54, 1.807) is 0 Å². The van der Waals surface area contributed by atoms with Crippen molar-refractivity contribution in [2.75, 3.05) is 25.1 Å². The molecule has 0 unspecified atom stereocenters. The summed E-state index contributed by atoms with van der Waals surface area (Å²) >= 11 is 3.41. The van der Waals surface area contributed by atoms with Crippen LogP contribution >= 0.6 is 15.9 Å². The van der Waals surface area contributed by atoms with E-state index in [1.165, 1.54) is 0 Å². The minimum absolute atomic E-state index is 0.0413. The van der Waals surface area contributed by atoms with E-state index in [9.17, 15) is 4.79 Å². The molecule has 0 aliphatic carbocycles. The summed E-state index contributed by atoms with van der Waals surface area (Å²) in [6.45, 7) is 4.29. The molecule has 1 heterocycles. The van der Waals surface area contributed by atoms with Crippen LogP contribution in [0.25, 0.3) is 0 Å². The van der Waals surface area contributed by atoms with Gasteiger partial charge in [-0.25, -0.2) is 0 Å². The summed E-state index contributed by atoms with van der Waals surface area (Å²) in [5.41, 5.74) is 1.93. The highest BCUT2D eigenvalue weighted by atomic mass is 79.9. The van der Waals surface area contributed by atoms with E-state index in [1.807, 2.05) is 25.1 Å². The van der Waals surface area contributed by atoms with Crippen LogP contribution in [0.5, 0.6) is 0 Å². The highest BCUT2D eigenvalue weighted by Crippen LogP contribution is 2.20. The van der Waals surface area contributed by atoms with Crippen molar-refractivity contribution in [3.05, 3.63) is 28.2 Å². The molecule has 1 fully saturated rings. The summed E-state index contributed by atoms with van der Waals surface area (Å²) < 4.78 is 6.42. The minimum Gasteiger partial charge on any atom is -0.380 e. The first-order valence-electron chi connectivity index (χ1n) is 7.02. The first kappa shape index (κ1) is 15.5. The maximum Gasteiger partial charge on any atom is 0.225 e. The molecule has 1 aliphatic heterocycles. The van der Waals surface area contributed by atoms with E-state index in [4.69, 9.17) is 4.74 Å². The molecule has 5 heteroatoms. The average molecular weight is 341 g/mol. The zero-order valence-corrected chi connectivity index (χ0v) is 13.3. The number of rotatable bonds is 5. The van der Waals surface area contributed by atoms with Crippen LogP contribution in [0, 0.1) is 6.92 Å². The summed E-state index contributed by atoms with van der Waals surface area (Å²) in [6.07, 6.45) is 2.71. The van der Waals surface area contributed by atoms with Gasteiger partial charge in [-0.05, 0) is 43.5 Å². The molecule has 0 saturated carbocycles. The Labute approximate surface area is 128 Å². The van der Waals surface area contributed by atoms with Crippen LogP contribution in [0.2, 0.25) is 0 Å². The maximum atomic E-state index is 11.9. The van der Waals surface area contributed by atoms with Crippen molar-refractivity contribution in [3.8, 4) is 0 Å². The van der Waals surface area contributed by atoms with E-state index < -0.39 is 0 Å². The van der Waals surface area contributed by atoms with Crippen LogP contribution in [-0.4, -0.2) is 31.7 Å². The lowest BCUT2D eigenvalue weighted by Crippen LogP contribution is -2.38. The predicted molar refractivity (Wildman–Crippen MR) is 84.0 cm³/mol. The number of halogens is 1. The van der Waals surface area contributed by atoms with Gasteiger partial charge in [0.15, 0.2) is 0 Å². The number of benzene rings is 1. The number of carbonyl (C=O) groups is 1. The van der Waals surface area contributed by atoms with Gasteiger partial charge in [0.2, 0.25) is 5.91 Å². The van der Waals surface area contributed by atoms with Crippen LogP contribution < -0.4 is 10.6 Å². The third-order valence-electron chi connectivity index (χ3n) is 3.41. The van der Waals surface area contributed by atoms with Gasteiger partial charge in [0, 0.05) is 35.8 Å². The van der Waals surface area contributed by atoms with Gasteiger partial charge in [-0.3, -0.25) is 4.79 Å². The standard InChI is InChI=1S/C15H21BrN2O2/c1-11-9-12(16)4-5-14(11)18-15(19)6-7-17-13-3-2-8-20-10-13/h4-5,9,13,17H,2-3,6-8,10H2,1H3,(H,18,19)/t13-/m0/s1. The number of hydrogen-bond donors (Lipinski definition) is 2. The third kappa shape index (κ3) is 4.89. The smallest absolute Gasteiger partial charge is 0.225 e. The number of carbonyl (C=O) groups excluding carboxylic acids is 1. The number of nitrogens with one attached hydrogen (secondary N) is 2. The topological polar surface area (TPSA) is 50.4 Å². The van der Waals surface area contributed by atoms with Crippen molar-refractivity contribution in [1.29, 1.82) is 0 Å². The largest absolute Gasteiger partial charge is 0.380 e. The van der Waals surface area contributed by atoms with E-state index in [-0.39, 0.29) is 5.91 Å². The molecule has 1 aliphatic rings. The van der Waals surface area contributed by atoms with E-state index in [0.29, 0.717) is 19.0 Å². The van der Waals surface area contributed by atoms with Gasteiger partial charge in [-0.15, -0.1) is 0 Å². The van der Waals surface area contributed by atoms with Crippen LogP contribution in [0.15, 0.2) is 22.7 Å². The van der Waals surface area contributed by atoms with Gasteiger partial charge in [0.1, 0.15) is 0 Å². The fraction of sp³-hybridized carbons (Fsp3) is 0.533. The molecular weight excluding hydrogens is 320 g/mol. The summed E-state index contributed by atoms with van der Waals surface area (Å²) in [5.74, 6) is 0.0413. The van der Waals surface area contributed by atoms with Crippen LogP contribution in [0.4, 0.5) is 5.69 Å². The first-order chi connectivity index (χ1) is 9.65. The maximum absolute atomic E-state index is 11.9. The Hall–Kier alpha value is -0.910. The van der Waals surface area contributed by atoms with Crippen LogP contribution in [0.1, 0.15) is 24.8 Å². The molecule has 0 bridgehead atoms. The van der Waals surface area contributed by atoms with Gasteiger partial charge < -0.3 is 15.4 Å². The second-order valence-electron chi connectivity index (χ2n) is 5.13. The number of amides is 1. The van der Waals surface area contributed by atoms with Crippen molar-refractivity contribution in [2.24, 2.45) is 0 Å². The van der Waals surface area contributed by atoms with Crippen molar-refractivity contribution in [2.45, 2.75) is 32.2 Å². The monoisotopic (exact) mass is 340 g/mol. The van der Waals surface area contributed by atoms with Crippen molar-refractivity contribution < 1.29 is 9.53 Å². The SMILES string of the molecule is Cc1cc(Br)ccc1NC(=O)CCN[C@H]1CCCOC1. The number of ether oxygens (including phenoxy) is 1. The second-order valence-corrected chi connectivity index (χ2v) is 6.04. The normalized spacial score (nSPS) is 18.8. The number of hydrogen-bond acceptors (Lipinski definition) is 3. The molecule has 1 atom stereocenters. The Bertz CT molecular complexity index is 459. The van der Waals surface area contributed by atoms with E-state index in [2.05, 4.69) is 26.6 Å². The van der Waals surface area contributed by atoms with E-state index >= 15 is 0 Å². The summed E-state index contributed by atoms with van der Waals surface area (Å²) in [7, 11) is 0. The fourth-order valence-electron chi connectivity index (χ4n) is 2.27. The summed E-state index contributed by atoms with van der Waals surface area (Å²) in [4.78, 5) is 11.9.